The second-order valence-corrected chi connectivity index (χ2v) is 8.74. The minimum absolute atomic E-state index is 0. The van der Waals surface area contributed by atoms with Crippen LogP contribution in [0.1, 0.15) is 45.2 Å². The van der Waals surface area contributed by atoms with E-state index >= 15 is 0 Å². The molecule has 0 amide bonds. The molecule has 2 unspecified atom stereocenters. The maximum absolute atomic E-state index is 5.68. The van der Waals surface area contributed by atoms with Gasteiger partial charge in [-0.1, -0.05) is 30.3 Å². The monoisotopic (exact) mass is 559 g/mol. The zero-order valence-corrected chi connectivity index (χ0v) is 22.3. The van der Waals surface area contributed by atoms with E-state index < -0.39 is 0 Å². The van der Waals surface area contributed by atoms with E-state index in [0.29, 0.717) is 6.04 Å². The first-order valence-electron chi connectivity index (χ1n) is 11.9. The van der Waals surface area contributed by atoms with Gasteiger partial charge >= 0.3 is 0 Å². The van der Waals surface area contributed by atoms with Gasteiger partial charge in [0.2, 0.25) is 0 Å². The summed E-state index contributed by atoms with van der Waals surface area (Å²) in [7, 11) is 0. The number of hydrogen-bond donors (Lipinski definition) is 3. The Morgan fingerprint density at radius 2 is 1.69 bits per heavy atom. The second kappa shape index (κ2) is 14.3. The van der Waals surface area contributed by atoms with Crippen LogP contribution in [0.4, 0.5) is 0 Å². The van der Waals surface area contributed by atoms with Gasteiger partial charge in [0.15, 0.2) is 5.96 Å². The quantitative estimate of drug-likeness (QED) is 0.246. The molecule has 1 aromatic rings. The fourth-order valence-electron chi connectivity index (χ4n) is 4.36. The van der Waals surface area contributed by atoms with E-state index in [0.717, 1.165) is 78.0 Å². The summed E-state index contributed by atoms with van der Waals surface area (Å²) in [5, 5.41) is 10.9. The SMILES string of the molecule is CCNC(=NCC1(NC(C)c2ccccc2)CCOCC1)NCC(C)N1CCOCC1.I. The summed E-state index contributed by atoms with van der Waals surface area (Å²) in [6, 6.07) is 11.4. The summed E-state index contributed by atoms with van der Waals surface area (Å²) < 4.78 is 11.2. The molecule has 0 radical (unpaired) electrons. The smallest absolute Gasteiger partial charge is 0.191 e. The summed E-state index contributed by atoms with van der Waals surface area (Å²) in [6.45, 7) is 14.3. The Kier molecular flexibility index (Phi) is 12.2. The lowest BCUT2D eigenvalue weighted by Crippen LogP contribution is -2.54. The molecule has 3 N–H and O–H groups in total. The van der Waals surface area contributed by atoms with Crippen LogP contribution < -0.4 is 16.0 Å². The van der Waals surface area contributed by atoms with Crippen LogP contribution in [-0.4, -0.2) is 81.6 Å². The summed E-state index contributed by atoms with van der Waals surface area (Å²) in [5.41, 5.74) is 1.26. The number of hydrogen-bond acceptors (Lipinski definition) is 5. The van der Waals surface area contributed by atoms with Gasteiger partial charge in [-0.15, -0.1) is 24.0 Å². The van der Waals surface area contributed by atoms with Crippen LogP contribution in [0, 0.1) is 0 Å². The van der Waals surface area contributed by atoms with Crippen molar-refractivity contribution in [3.05, 3.63) is 35.9 Å². The fraction of sp³-hybridized carbons (Fsp3) is 0.708. The number of halogens is 1. The topological polar surface area (TPSA) is 70.2 Å². The zero-order valence-electron chi connectivity index (χ0n) is 19.9. The molecular weight excluding hydrogens is 517 g/mol. The van der Waals surface area contributed by atoms with Crippen molar-refractivity contribution in [1.82, 2.24) is 20.9 Å². The lowest BCUT2D eigenvalue weighted by atomic mass is 9.88. The van der Waals surface area contributed by atoms with E-state index in [4.69, 9.17) is 14.5 Å². The third kappa shape index (κ3) is 8.44. The third-order valence-corrected chi connectivity index (χ3v) is 6.39. The number of aliphatic imine (C=N–C) groups is 1. The van der Waals surface area contributed by atoms with E-state index in [9.17, 15) is 0 Å². The molecule has 2 aliphatic heterocycles. The second-order valence-electron chi connectivity index (χ2n) is 8.74. The number of nitrogens with zero attached hydrogens (tertiary/aromatic N) is 2. The molecule has 8 heteroatoms. The molecule has 0 aromatic heterocycles. The molecule has 2 heterocycles. The first-order valence-corrected chi connectivity index (χ1v) is 11.9. The Hall–Kier alpha value is -0.940. The van der Waals surface area contributed by atoms with E-state index in [2.05, 4.69) is 72.0 Å². The minimum Gasteiger partial charge on any atom is -0.381 e. The molecular formula is C24H42IN5O2. The summed E-state index contributed by atoms with van der Waals surface area (Å²) in [4.78, 5) is 7.48. The lowest BCUT2D eigenvalue weighted by molar-refractivity contribution is 0.0211. The first-order chi connectivity index (χ1) is 15.1. The highest BCUT2D eigenvalue weighted by molar-refractivity contribution is 14.0. The summed E-state index contributed by atoms with van der Waals surface area (Å²) in [5.74, 6) is 0.891. The highest BCUT2D eigenvalue weighted by Crippen LogP contribution is 2.26. The number of ether oxygens (including phenoxy) is 2. The Morgan fingerprint density at radius 3 is 2.34 bits per heavy atom. The number of rotatable bonds is 9. The molecule has 2 fully saturated rings. The summed E-state index contributed by atoms with van der Waals surface area (Å²) >= 11 is 0. The van der Waals surface area contributed by atoms with Crippen LogP contribution in [0.15, 0.2) is 35.3 Å². The molecule has 182 valence electrons. The van der Waals surface area contributed by atoms with Crippen LogP contribution >= 0.6 is 24.0 Å². The van der Waals surface area contributed by atoms with Crippen molar-refractivity contribution in [2.24, 2.45) is 4.99 Å². The molecule has 7 nitrogen and oxygen atoms in total. The third-order valence-electron chi connectivity index (χ3n) is 6.39. The van der Waals surface area contributed by atoms with Crippen LogP contribution in [0.5, 0.6) is 0 Å². The van der Waals surface area contributed by atoms with Gasteiger partial charge in [-0.25, -0.2) is 0 Å². The molecule has 3 rings (SSSR count). The molecule has 0 bridgehead atoms. The highest BCUT2D eigenvalue weighted by atomic mass is 127. The van der Waals surface area contributed by atoms with E-state index in [-0.39, 0.29) is 35.6 Å². The zero-order chi connectivity index (χ0) is 21.9. The molecule has 2 saturated heterocycles. The van der Waals surface area contributed by atoms with Crippen LogP contribution in [-0.2, 0) is 9.47 Å². The van der Waals surface area contributed by atoms with Crippen molar-refractivity contribution in [3.63, 3.8) is 0 Å². The fourth-order valence-corrected chi connectivity index (χ4v) is 4.36. The van der Waals surface area contributed by atoms with E-state index in [1.165, 1.54) is 5.56 Å². The van der Waals surface area contributed by atoms with Crippen molar-refractivity contribution in [2.75, 3.05) is 59.2 Å². The van der Waals surface area contributed by atoms with Crippen molar-refractivity contribution < 1.29 is 9.47 Å². The molecule has 2 atom stereocenters. The molecule has 0 saturated carbocycles. The number of morpholine rings is 1. The van der Waals surface area contributed by atoms with Gasteiger partial charge in [0, 0.05) is 57.0 Å². The van der Waals surface area contributed by atoms with Crippen LogP contribution in [0.3, 0.4) is 0 Å². The van der Waals surface area contributed by atoms with Crippen LogP contribution in [0.2, 0.25) is 0 Å². The Morgan fingerprint density at radius 1 is 1.03 bits per heavy atom. The minimum atomic E-state index is -0.0499. The Bertz CT molecular complexity index is 664. The van der Waals surface area contributed by atoms with Gasteiger partial charge in [-0.05, 0) is 39.2 Å². The molecule has 32 heavy (non-hydrogen) atoms. The Labute approximate surface area is 211 Å². The van der Waals surface area contributed by atoms with Gasteiger partial charge < -0.3 is 25.4 Å². The maximum atomic E-state index is 5.68. The normalized spacial score (nSPS) is 21.3. The van der Waals surface area contributed by atoms with Crippen LogP contribution in [0.25, 0.3) is 0 Å². The predicted molar refractivity (Wildman–Crippen MR) is 142 cm³/mol. The average Bonchev–Trinajstić information content (AvgIpc) is 2.82. The van der Waals surface area contributed by atoms with Gasteiger partial charge in [0.1, 0.15) is 0 Å². The van der Waals surface area contributed by atoms with E-state index in [1.807, 2.05) is 0 Å². The average molecular weight is 560 g/mol. The first kappa shape index (κ1) is 27.3. The van der Waals surface area contributed by atoms with E-state index in [1.54, 1.807) is 0 Å². The van der Waals surface area contributed by atoms with Gasteiger partial charge in [0.25, 0.3) is 0 Å². The maximum Gasteiger partial charge on any atom is 0.191 e. The predicted octanol–water partition coefficient (Wildman–Crippen LogP) is 2.78. The number of guanidine groups is 1. The molecule has 0 spiro atoms. The number of nitrogens with one attached hydrogen (secondary N) is 3. The van der Waals surface area contributed by atoms with Gasteiger partial charge in [0.05, 0.1) is 19.8 Å². The molecule has 0 aliphatic carbocycles. The van der Waals surface area contributed by atoms with Gasteiger partial charge in [-0.3, -0.25) is 9.89 Å². The standard InChI is InChI=1S/C24H41N5O2.HI/c1-4-25-23(26-18-20(2)29-12-16-31-17-13-29)27-19-24(10-14-30-15-11-24)28-21(3)22-8-6-5-7-9-22;/h5-9,20-21,28H,4,10-19H2,1-3H3,(H2,25,26,27);1H. The lowest BCUT2D eigenvalue weighted by Gasteiger charge is -2.39. The largest absolute Gasteiger partial charge is 0.381 e. The number of benzene rings is 1. The van der Waals surface area contributed by atoms with Crippen molar-refractivity contribution in [1.29, 1.82) is 0 Å². The molecule has 2 aliphatic rings. The van der Waals surface area contributed by atoms with Gasteiger partial charge in [-0.2, -0.15) is 0 Å². The Balaban J connectivity index is 0.00000363. The van der Waals surface area contributed by atoms with Crippen molar-refractivity contribution in [2.45, 2.75) is 51.2 Å². The van der Waals surface area contributed by atoms with Crippen molar-refractivity contribution >= 4 is 29.9 Å². The molecule has 1 aromatic carbocycles. The van der Waals surface area contributed by atoms with Crippen molar-refractivity contribution in [3.8, 4) is 0 Å². The highest BCUT2D eigenvalue weighted by Gasteiger charge is 2.34. The summed E-state index contributed by atoms with van der Waals surface area (Å²) in [6.07, 6.45) is 1.94.